The minimum Gasteiger partial charge on any atom is -0.352 e. The highest BCUT2D eigenvalue weighted by Gasteiger charge is 2.07. The standard InChI is InChI=1S/C17H17BrN2O2/c1-2-11-19-16(21)12-5-9-15(10-6-12)20-17(22)13-3-7-14(18)8-4-13/h3-10H,2,11H2,1H3,(H,19,21)(H,20,22). The molecule has 2 N–H and O–H groups in total. The summed E-state index contributed by atoms with van der Waals surface area (Å²) in [6.07, 6.45) is 0.896. The van der Waals surface area contributed by atoms with Crippen molar-refractivity contribution in [2.24, 2.45) is 0 Å². The molecule has 0 aliphatic rings. The van der Waals surface area contributed by atoms with Crippen LogP contribution in [0.25, 0.3) is 0 Å². The van der Waals surface area contributed by atoms with Gasteiger partial charge in [0.05, 0.1) is 0 Å². The molecule has 0 fully saturated rings. The topological polar surface area (TPSA) is 58.2 Å². The average molecular weight is 361 g/mol. The summed E-state index contributed by atoms with van der Waals surface area (Å²) in [6, 6.07) is 13.9. The summed E-state index contributed by atoms with van der Waals surface area (Å²) >= 11 is 3.33. The predicted octanol–water partition coefficient (Wildman–Crippen LogP) is 3.84. The van der Waals surface area contributed by atoms with Crippen molar-refractivity contribution in [3.05, 3.63) is 64.1 Å². The third-order valence-corrected chi connectivity index (χ3v) is 3.58. The Hall–Kier alpha value is -2.14. The normalized spacial score (nSPS) is 10.1. The number of nitrogens with one attached hydrogen (secondary N) is 2. The number of halogens is 1. The lowest BCUT2D eigenvalue weighted by molar-refractivity contribution is 0.0953. The van der Waals surface area contributed by atoms with Crippen molar-refractivity contribution in [2.75, 3.05) is 11.9 Å². The summed E-state index contributed by atoms with van der Waals surface area (Å²) in [4.78, 5) is 23.9. The van der Waals surface area contributed by atoms with Gasteiger partial charge in [-0.2, -0.15) is 0 Å². The van der Waals surface area contributed by atoms with Gasteiger partial charge in [0.15, 0.2) is 0 Å². The van der Waals surface area contributed by atoms with Crippen LogP contribution in [0.1, 0.15) is 34.1 Å². The van der Waals surface area contributed by atoms with Crippen LogP contribution in [0, 0.1) is 0 Å². The summed E-state index contributed by atoms with van der Waals surface area (Å²) in [6.45, 7) is 2.65. The Labute approximate surface area is 138 Å². The first-order valence-corrected chi connectivity index (χ1v) is 7.84. The number of rotatable bonds is 5. The molecule has 4 nitrogen and oxygen atoms in total. The van der Waals surface area contributed by atoms with E-state index in [1.54, 1.807) is 36.4 Å². The van der Waals surface area contributed by atoms with Crippen molar-refractivity contribution >= 4 is 33.4 Å². The van der Waals surface area contributed by atoms with Crippen molar-refractivity contribution in [3.8, 4) is 0 Å². The van der Waals surface area contributed by atoms with Crippen LogP contribution in [0.2, 0.25) is 0 Å². The van der Waals surface area contributed by atoms with Gasteiger partial charge in [-0.25, -0.2) is 0 Å². The number of amides is 2. The van der Waals surface area contributed by atoms with Crippen LogP contribution in [0.3, 0.4) is 0 Å². The Bertz CT molecular complexity index is 651. The number of anilines is 1. The summed E-state index contributed by atoms with van der Waals surface area (Å²) in [7, 11) is 0. The molecule has 0 spiro atoms. The molecule has 0 aromatic heterocycles. The SMILES string of the molecule is CCCNC(=O)c1ccc(NC(=O)c2ccc(Br)cc2)cc1. The Morgan fingerprint density at radius 1 is 0.909 bits per heavy atom. The van der Waals surface area contributed by atoms with Crippen molar-refractivity contribution in [2.45, 2.75) is 13.3 Å². The van der Waals surface area contributed by atoms with E-state index in [0.29, 0.717) is 23.4 Å². The first-order valence-electron chi connectivity index (χ1n) is 7.05. The highest BCUT2D eigenvalue weighted by atomic mass is 79.9. The van der Waals surface area contributed by atoms with Crippen LogP contribution in [0.15, 0.2) is 53.0 Å². The Kier molecular flexibility index (Phi) is 5.72. The number of carbonyl (C=O) groups excluding carboxylic acids is 2. The van der Waals surface area contributed by atoms with Crippen molar-refractivity contribution in [1.29, 1.82) is 0 Å². The summed E-state index contributed by atoms with van der Waals surface area (Å²) < 4.78 is 0.923. The molecule has 2 amide bonds. The van der Waals surface area contributed by atoms with Gasteiger partial charge in [0.1, 0.15) is 0 Å². The predicted molar refractivity (Wildman–Crippen MR) is 91.2 cm³/mol. The van der Waals surface area contributed by atoms with E-state index < -0.39 is 0 Å². The lowest BCUT2D eigenvalue weighted by atomic mass is 10.1. The minimum atomic E-state index is -0.185. The molecule has 0 saturated heterocycles. The molecular formula is C17H17BrN2O2. The van der Waals surface area contributed by atoms with E-state index in [2.05, 4.69) is 26.6 Å². The zero-order chi connectivity index (χ0) is 15.9. The second kappa shape index (κ2) is 7.75. The molecule has 0 radical (unpaired) electrons. The van der Waals surface area contributed by atoms with Crippen LogP contribution in [-0.2, 0) is 0 Å². The van der Waals surface area contributed by atoms with E-state index in [1.165, 1.54) is 0 Å². The molecular weight excluding hydrogens is 344 g/mol. The third-order valence-electron chi connectivity index (χ3n) is 3.05. The van der Waals surface area contributed by atoms with Crippen LogP contribution in [0.4, 0.5) is 5.69 Å². The maximum absolute atomic E-state index is 12.1. The van der Waals surface area contributed by atoms with E-state index in [9.17, 15) is 9.59 Å². The molecule has 22 heavy (non-hydrogen) atoms. The molecule has 0 aliphatic heterocycles. The summed E-state index contributed by atoms with van der Waals surface area (Å²) in [5.74, 6) is -0.289. The molecule has 5 heteroatoms. The van der Waals surface area contributed by atoms with Gasteiger partial charge in [-0.15, -0.1) is 0 Å². The van der Waals surface area contributed by atoms with Gasteiger partial charge in [-0.05, 0) is 55.0 Å². The zero-order valence-electron chi connectivity index (χ0n) is 12.2. The summed E-state index contributed by atoms with van der Waals surface area (Å²) in [5, 5.41) is 5.61. The molecule has 0 saturated carbocycles. The number of hydrogen-bond acceptors (Lipinski definition) is 2. The number of hydrogen-bond donors (Lipinski definition) is 2. The van der Waals surface area contributed by atoms with E-state index in [4.69, 9.17) is 0 Å². The molecule has 0 aliphatic carbocycles. The maximum atomic E-state index is 12.1. The van der Waals surface area contributed by atoms with Gasteiger partial charge in [0.2, 0.25) is 0 Å². The number of carbonyl (C=O) groups is 2. The molecule has 0 heterocycles. The quantitative estimate of drug-likeness (QED) is 0.850. The van der Waals surface area contributed by atoms with Crippen molar-refractivity contribution in [1.82, 2.24) is 5.32 Å². The van der Waals surface area contributed by atoms with Crippen LogP contribution < -0.4 is 10.6 Å². The lowest BCUT2D eigenvalue weighted by Crippen LogP contribution is -2.23. The van der Waals surface area contributed by atoms with Gasteiger partial charge in [0.25, 0.3) is 11.8 Å². The highest BCUT2D eigenvalue weighted by Crippen LogP contribution is 2.14. The zero-order valence-corrected chi connectivity index (χ0v) is 13.8. The smallest absolute Gasteiger partial charge is 0.255 e. The Morgan fingerprint density at radius 2 is 1.45 bits per heavy atom. The van der Waals surface area contributed by atoms with Gasteiger partial charge >= 0.3 is 0 Å². The fourth-order valence-electron chi connectivity index (χ4n) is 1.85. The second-order valence-electron chi connectivity index (χ2n) is 4.79. The van der Waals surface area contributed by atoms with E-state index in [0.717, 1.165) is 10.9 Å². The van der Waals surface area contributed by atoms with Gasteiger partial charge < -0.3 is 10.6 Å². The van der Waals surface area contributed by atoms with Crippen LogP contribution in [0.5, 0.6) is 0 Å². The number of benzene rings is 2. The first kappa shape index (κ1) is 16.2. The Morgan fingerprint density at radius 3 is 2.05 bits per heavy atom. The van der Waals surface area contributed by atoms with Crippen LogP contribution in [-0.4, -0.2) is 18.4 Å². The van der Waals surface area contributed by atoms with Crippen LogP contribution >= 0.6 is 15.9 Å². The van der Waals surface area contributed by atoms with Gasteiger partial charge in [0, 0.05) is 27.8 Å². The van der Waals surface area contributed by atoms with Gasteiger partial charge in [-0.1, -0.05) is 22.9 Å². The van der Waals surface area contributed by atoms with Crippen molar-refractivity contribution in [3.63, 3.8) is 0 Å². The highest BCUT2D eigenvalue weighted by molar-refractivity contribution is 9.10. The molecule has 2 rings (SSSR count). The Balaban J connectivity index is 2.00. The van der Waals surface area contributed by atoms with E-state index in [-0.39, 0.29) is 11.8 Å². The average Bonchev–Trinajstić information content (AvgIpc) is 2.54. The fourth-order valence-corrected chi connectivity index (χ4v) is 2.11. The molecule has 0 unspecified atom stereocenters. The van der Waals surface area contributed by atoms with Crippen molar-refractivity contribution < 1.29 is 9.59 Å². The summed E-state index contributed by atoms with van der Waals surface area (Å²) in [5.41, 5.74) is 1.81. The molecule has 0 atom stereocenters. The maximum Gasteiger partial charge on any atom is 0.255 e. The molecule has 0 bridgehead atoms. The largest absolute Gasteiger partial charge is 0.352 e. The second-order valence-corrected chi connectivity index (χ2v) is 5.71. The van der Waals surface area contributed by atoms with Gasteiger partial charge in [-0.3, -0.25) is 9.59 Å². The molecule has 114 valence electrons. The van der Waals surface area contributed by atoms with E-state index >= 15 is 0 Å². The lowest BCUT2D eigenvalue weighted by Gasteiger charge is -2.07. The van der Waals surface area contributed by atoms with E-state index in [1.807, 2.05) is 19.1 Å². The third kappa shape index (κ3) is 4.43. The molecule has 2 aromatic carbocycles. The monoisotopic (exact) mass is 360 g/mol. The molecule has 2 aromatic rings. The minimum absolute atomic E-state index is 0.104. The fraction of sp³-hybridized carbons (Fsp3) is 0.176. The first-order chi connectivity index (χ1) is 10.6.